The van der Waals surface area contributed by atoms with E-state index in [1.165, 1.54) is 63.7 Å². The van der Waals surface area contributed by atoms with E-state index in [0.717, 1.165) is 31.7 Å². The van der Waals surface area contributed by atoms with Gasteiger partial charge in [0.1, 0.15) is 0 Å². The van der Waals surface area contributed by atoms with Crippen LogP contribution in [0.25, 0.3) is 0 Å². The highest BCUT2D eigenvalue weighted by Gasteiger charge is 2.32. The second-order valence-electron chi connectivity index (χ2n) is 7.97. The number of rotatable bonds is 3. The molecule has 1 atom stereocenters. The van der Waals surface area contributed by atoms with Crippen LogP contribution in [0.2, 0.25) is 0 Å². The van der Waals surface area contributed by atoms with Gasteiger partial charge < -0.3 is 4.90 Å². The van der Waals surface area contributed by atoms with E-state index in [-0.39, 0.29) is 5.91 Å². The largest absolute Gasteiger partial charge is 0.336 e. The Kier molecular flexibility index (Phi) is 5.37. The molecule has 4 rings (SSSR count). The van der Waals surface area contributed by atoms with Gasteiger partial charge in [-0.05, 0) is 63.0 Å². The van der Waals surface area contributed by atoms with Gasteiger partial charge in [0.15, 0.2) is 0 Å². The molecule has 0 spiro atoms. The van der Waals surface area contributed by atoms with Crippen LogP contribution < -0.4 is 0 Å². The normalized spacial score (nSPS) is 25.6. The number of benzene rings is 1. The number of amides is 1. The first-order chi connectivity index (χ1) is 12.3. The monoisotopic (exact) mass is 341 g/mol. The molecule has 4 nitrogen and oxygen atoms in total. The molecule has 3 saturated heterocycles. The molecule has 136 valence electrons. The third kappa shape index (κ3) is 4.06. The topological polar surface area (TPSA) is 26.8 Å². The first-order valence-electron chi connectivity index (χ1n) is 10.1. The number of fused-ring (bicyclic) bond motifs is 1. The van der Waals surface area contributed by atoms with Crippen molar-refractivity contribution in [1.82, 2.24) is 14.7 Å². The Morgan fingerprint density at radius 2 is 1.80 bits per heavy atom. The van der Waals surface area contributed by atoms with Crippen LogP contribution in [0.4, 0.5) is 0 Å². The van der Waals surface area contributed by atoms with E-state index in [1.807, 2.05) is 6.07 Å². The second-order valence-corrected chi connectivity index (χ2v) is 7.97. The lowest BCUT2D eigenvalue weighted by Gasteiger charge is -2.37. The summed E-state index contributed by atoms with van der Waals surface area (Å²) in [7, 11) is 0. The average molecular weight is 341 g/mol. The minimum Gasteiger partial charge on any atom is -0.336 e. The standard InChI is InChI=1S/C21H31N3O/c25-21(24-14-13-23-12-6-9-20(23)17-24)19-8-5-7-18(15-19)16-22-10-3-1-2-4-11-22/h5,7-8,15,20H,1-4,6,9-14,16-17H2/t20-/m0/s1. The van der Waals surface area contributed by atoms with Crippen LogP contribution in [-0.2, 0) is 6.54 Å². The Hall–Kier alpha value is -1.39. The first kappa shape index (κ1) is 17.0. The molecule has 0 N–H and O–H groups in total. The number of carbonyl (C=O) groups is 1. The maximum atomic E-state index is 13.0. The molecule has 0 aromatic heterocycles. The zero-order valence-electron chi connectivity index (χ0n) is 15.3. The number of hydrogen-bond acceptors (Lipinski definition) is 3. The zero-order chi connectivity index (χ0) is 17.1. The zero-order valence-corrected chi connectivity index (χ0v) is 15.3. The maximum Gasteiger partial charge on any atom is 0.253 e. The Labute approximate surface area is 151 Å². The fourth-order valence-electron chi connectivity index (χ4n) is 4.71. The lowest BCUT2D eigenvalue weighted by molar-refractivity contribution is 0.0571. The van der Waals surface area contributed by atoms with E-state index in [0.29, 0.717) is 6.04 Å². The van der Waals surface area contributed by atoms with Crippen LogP contribution in [0.3, 0.4) is 0 Å². The van der Waals surface area contributed by atoms with E-state index < -0.39 is 0 Å². The van der Waals surface area contributed by atoms with Crippen LogP contribution in [0, 0.1) is 0 Å². The summed E-state index contributed by atoms with van der Waals surface area (Å²) in [6, 6.07) is 8.96. The van der Waals surface area contributed by atoms with Gasteiger partial charge in [0, 0.05) is 37.8 Å². The SMILES string of the molecule is O=C(c1cccc(CN2CCCCCC2)c1)N1CCN2CCC[C@H]2C1. The summed E-state index contributed by atoms with van der Waals surface area (Å²) >= 11 is 0. The third-order valence-corrected chi connectivity index (χ3v) is 6.15. The maximum absolute atomic E-state index is 13.0. The van der Waals surface area contributed by atoms with Gasteiger partial charge in [0.25, 0.3) is 5.91 Å². The lowest BCUT2D eigenvalue weighted by atomic mass is 10.1. The van der Waals surface area contributed by atoms with Crippen molar-refractivity contribution >= 4 is 5.91 Å². The van der Waals surface area contributed by atoms with Crippen molar-refractivity contribution in [2.24, 2.45) is 0 Å². The van der Waals surface area contributed by atoms with Gasteiger partial charge in [-0.3, -0.25) is 14.6 Å². The number of piperazine rings is 1. The van der Waals surface area contributed by atoms with Gasteiger partial charge in [0.2, 0.25) is 0 Å². The predicted octanol–water partition coefficient (Wildman–Crippen LogP) is 2.98. The molecule has 1 aromatic carbocycles. The van der Waals surface area contributed by atoms with E-state index in [1.54, 1.807) is 0 Å². The van der Waals surface area contributed by atoms with Gasteiger partial charge >= 0.3 is 0 Å². The van der Waals surface area contributed by atoms with Crippen molar-refractivity contribution in [3.8, 4) is 0 Å². The van der Waals surface area contributed by atoms with Crippen LogP contribution in [0.5, 0.6) is 0 Å². The van der Waals surface area contributed by atoms with Gasteiger partial charge in [-0.15, -0.1) is 0 Å². The second kappa shape index (κ2) is 7.88. The molecular weight excluding hydrogens is 310 g/mol. The molecule has 0 radical (unpaired) electrons. The van der Waals surface area contributed by atoms with Crippen molar-refractivity contribution in [3.63, 3.8) is 0 Å². The summed E-state index contributed by atoms with van der Waals surface area (Å²) in [6.07, 6.45) is 7.88. The van der Waals surface area contributed by atoms with E-state index in [9.17, 15) is 4.79 Å². The molecule has 4 heteroatoms. The Bertz CT molecular complexity index is 595. The number of carbonyl (C=O) groups excluding carboxylic acids is 1. The summed E-state index contributed by atoms with van der Waals surface area (Å²) in [6.45, 7) is 7.43. The summed E-state index contributed by atoms with van der Waals surface area (Å²) in [5, 5.41) is 0. The highest BCUT2D eigenvalue weighted by molar-refractivity contribution is 5.94. The highest BCUT2D eigenvalue weighted by Crippen LogP contribution is 2.23. The van der Waals surface area contributed by atoms with E-state index in [4.69, 9.17) is 0 Å². The molecule has 25 heavy (non-hydrogen) atoms. The molecule has 0 bridgehead atoms. The van der Waals surface area contributed by atoms with Crippen molar-refractivity contribution < 1.29 is 4.79 Å². The molecule has 3 aliphatic rings. The number of nitrogens with zero attached hydrogens (tertiary/aromatic N) is 3. The van der Waals surface area contributed by atoms with Crippen LogP contribution in [-0.4, -0.2) is 65.9 Å². The van der Waals surface area contributed by atoms with Crippen molar-refractivity contribution in [2.45, 2.75) is 51.1 Å². The van der Waals surface area contributed by atoms with Crippen LogP contribution in [0.1, 0.15) is 54.4 Å². The fraction of sp³-hybridized carbons (Fsp3) is 0.667. The van der Waals surface area contributed by atoms with E-state index in [2.05, 4.69) is 32.9 Å². The third-order valence-electron chi connectivity index (χ3n) is 6.15. The Morgan fingerprint density at radius 1 is 0.960 bits per heavy atom. The molecule has 0 aliphatic carbocycles. The molecular formula is C21H31N3O. The molecule has 3 aliphatic heterocycles. The summed E-state index contributed by atoms with van der Waals surface area (Å²) < 4.78 is 0. The van der Waals surface area contributed by atoms with Gasteiger partial charge in [-0.2, -0.15) is 0 Å². The summed E-state index contributed by atoms with van der Waals surface area (Å²) in [5.74, 6) is 0.226. The predicted molar refractivity (Wildman–Crippen MR) is 101 cm³/mol. The lowest BCUT2D eigenvalue weighted by Crippen LogP contribution is -2.52. The Morgan fingerprint density at radius 3 is 2.64 bits per heavy atom. The van der Waals surface area contributed by atoms with E-state index >= 15 is 0 Å². The minimum absolute atomic E-state index is 0.226. The molecule has 3 fully saturated rings. The van der Waals surface area contributed by atoms with Crippen LogP contribution >= 0.6 is 0 Å². The number of likely N-dealkylation sites (tertiary alicyclic amines) is 1. The molecule has 0 unspecified atom stereocenters. The summed E-state index contributed by atoms with van der Waals surface area (Å²) in [5.41, 5.74) is 2.16. The highest BCUT2D eigenvalue weighted by atomic mass is 16.2. The van der Waals surface area contributed by atoms with Crippen molar-refractivity contribution in [2.75, 3.05) is 39.3 Å². The minimum atomic E-state index is 0.226. The molecule has 3 heterocycles. The van der Waals surface area contributed by atoms with Crippen molar-refractivity contribution in [1.29, 1.82) is 0 Å². The van der Waals surface area contributed by atoms with Crippen molar-refractivity contribution in [3.05, 3.63) is 35.4 Å². The molecule has 1 aromatic rings. The fourth-order valence-corrected chi connectivity index (χ4v) is 4.71. The van der Waals surface area contributed by atoms with Gasteiger partial charge in [-0.1, -0.05) is 25.0 Å². The number of hydrogen-bond donors (Lipinski definition) is 0. The molecule has 1 amide bonds. The molecule has 0 saturated carbocycles. The smallest absolute Gasteiger partial charge is 0.253 e. The Balaban J connectivity index is 1.40. The van der Waals surface area contributed by atoms with Gasteiger partial charge in [0.05, 0.1) is 0 Å². The first-order valence-corrected chi connectivity index (χ1v) is 10.1. The summed E-state index contributed by atoms with van der Waals surface area (Å²) in [4.78, 5) is 20.2. The average Bonchev–Trinajstić information content (AvgIpc) is 2.97. The quantitative estimate of drug-likeness (QED) is 0.846. The van der Waals surface area contributed by atoms with Crippen LogP contribution in [0.15, 0.2) is 24.3 Å². The van der Waals surface area contributed by atoms with Gasteiger partial charge in [-0.25, -0.2) is 0 Å².